The number of aryl methyl sites for hydroxylation is 1. The number of carbonyl (C=O) groups is 1. The van der Waals surface area contributed by atoms with E-state index in [1.165, 1.54) is 11.1 Å². The van der Waals surface area contributed by atoms with Crippen molar-refractivity contribution < 1.29 is 19.4 Å². The number of rotatable bonds is 12. The van der Waals surface area contributed by atoms with Crippen LogP contribution in [0.15, 0.2) is 46.9 Å². The first-order chi connectivity index (χ1) is 15.8. The third-order valence-corrected chi connectivity index (χ3v) is 6.61. The number of esters is 1. The van der Waals surface area contributed by atoms with Crippen LogP contribution in [0.25, 0.3) is 0 Å². The Hall–Kier alpha value is -1.89. The second kappa shape index (κ2) is 12.0. The summed E-state index contributed by atoms with van der Waals surface area (Å²) in [7, 11) is 0. The van der Waals surface area contributed by atoms with E-state index in [0.29, 0.717) is 37.7 Å². The van der Waals surface area contributed by atoms with Crippen LogP contribution in [0.4, 0.5) is 0 Å². The van der Waals surface area contributed by atoms with Gasteiger partial charge in [-0.1, -0.05) is 46.3 Å². The molecule has 0 amide bonds. The fraction of sp³-hybridized carbons (Fsp3) is 0.519. The molecule has 1 atom stereocenters. The maximum atomic E-state index is 11.7. The van der Waals surface area contributed by atoms with Gasteiger partial charge in [-0.05, 0) is 81.2 Å². The number of hydrogen-bond acceptors (Lipinski definition) is 5. The molecule has 3 rings (SSSR count). The van der Waals surface area contributed by atoms with Gasteiger partial charge in [-0.25, -0.2) is 0 Å². The first-order valence-electron chi connectivity index (χ1n) is 11.8. The van der Waals surface area contributed by atoms with Crippen LogP contribution in [0.1, 0.15) is 50.3 Å². The molecule has 6 heteroatoms. The molecule has 0 fully saturated rings. The highest BCUT2D eigenvalue weighted by Gasteiger charge is 2.28. The number of aliphatic hydroxyl groups excluding tert-OH is 1. The molecule has 1 aliphatic carbocycles. The minimum absolute atomic E-state index is 0.0751. The average molecular weight is 518 g/mol. The van der Waals surface area contributed by atoms with Gasteiger partial charge in [0.25, 0.3) is 0 Å². The molecular weight excluding hydrogens is 482 g/mol. The molecule has 2 aromatic rings. The Morgan fingerprint density at radius 1 is 1.21 bits per heavy atom. The van der Waals surface area contributed by atoms with E-state index in [1.807, 2.05) is 18.2 Å². The summed E-state index contributed by atoms with van der Waals surface area (Å²) < 4.78 is 11.9. The second-order valence-electron chi connectivity index (χ2n) is 9.53. The molecule has 0 spiro atoms. The maximum absolute atomic E-state index is 11.7. The van der Waals surface area contributed by atoms with Crippen molar-refractivity contribution in [2.24, 2.45) is 5.92 Å². The van der Waals surface area contributed by atoms with E-state index in [-0.39, 0.29) is 18.1 Å². The van der Waals surface area contributed by atoms with E-state index in [2.05, 4.69) is 59.4 Å². The van der Waals surface area contributed by atoms with E-state index in [0.717, 1.165) is 29.3 Å². The van der Waals surface area contributed by atoms with Crippen molar-refractivity contribution in [2.45, 2.75) is 64.5 Å². The summed E-state index contributed by atoms with van der Waals surface area (Å²) in [5.41, 5.74) is 3.79. The van der Waals surface area contributed by atoms with E-state index in [1.54, 1.807) is 6.92 Å². The van der Waals surface area contributed by atoms with Crippen LogP contribution >= 0.6 is 15.9 Å². The van der Waals surface area contributed by atoms with Gasteiger partial charge >= 0.3 is 5.97 Å². The predicted octanol–water partition coefficient (Wildman–Crippen LogP) is 4.86. The van der Waals surface area contributed by atoms with Gasteiger partial charge in [-0.2, -0.15) is 0 Å². The van der Waals surface area contributed by atoms with Gasteiger partial charge in [-0.3, -0.25) is 4.79 Å². The number of ether oxygens (including phenoxy) is 2. The number of benzene rings is 2. The largest absolute Gasteiger partial charge is 0.491 e. The van der Waals surface area contributed by atoms with Crippen molar-refractivity contribution in [2.75, 3.05) is 19.8 Å². The molecule has 0 bridgehead atoms. The number of aliphatic hydroxyl groups is 1. The van der Waals surface area contributed by atoms with Gasteiger partial charge in [0.1, 0.15) is 18.5 Å². The minimum atomic E-state index is -0.637. The molecule has 33 heavy (non-hydrogen) atoms. The highest BCUT2D eigenvalue weighted by atomic mass is 79.9. The molecule has 0 radical (unpaired) electrons. The Kier molecular flexibility index (Phi) is 9.36. The lowest BCUT2D eigenvalue weighted by atomic mass is 9.88. The molecule has 0 unspecified atom stereocenters. The van der Waals surface area contributed by atoms with Crippen molar-refractivity contribution in [3.63, 3.8) is 0 Å². The quantitative estimate of drug-likeness (QED) is 0.393. The second-order valence-corrected chi connectivity index (χ2v) is 10.4. The smallest absolute Gasteiger partial charge is 0.306 e. The summed E-state index contributed by atoms with van der Waals surface area (Å²) in [5.74, 6) is 1.08. The number of hydrogen-bond donors (Lipinski definition) is 2. The number of halogens is 1. The Labute approximate surface area is 206 Å². The van der Waals surface area contributed by atoms with Crippen molar-refractivity contribution in [3.05, 3.63) is 63.6 Å². The van der Waals surface area contributed by atoms with Crippen LogP contribution in [0.5, 0.6) is 5.75 Å². The Morgan fingerprint density at radius 2 is 1.91 bits per heavy atom. The third kappa shape index (κ3) is 8.13. The molecule has 180 valence electrons. The standard InChI is InChI=1S/C27H36BrNO4/c1-4-32-26(31)12-10-20-9-11-23(28)15-25(20)33-18-24(30)17-29-27(2,3)16-19-13-21-7-5-6-8-22(21)14-19/h5-9,11,15,19,24,29-30H,4,10,12-14,16-18H2,1-3H3/t24-/m1/s1. The number of carbonyl (C=O) groups excluding carboxylic acids is 1. The van der Waals surface area contributed by atoms with Crippen LogP contribution in [0.2, 0.25) is 0 Å². The zero-order valence-corrected chi connectivity index (χ0v) is 21.5. The summed E-state index contributed by atoms with van der Waals surface area (Å²) in [4.78, 5) is 11.7. The molecule has 0 aromatic heterocycles. The molecule has 0 saturated carbocycles. The molecular formula is C27H36BrNO4. The summed E-state index contributed by atoms with van der Waals surface area (Å²) >= 11 is 3.47. The molecule has 0 heterocycles. The number of fused-ring (bicyclic) bond motifs is 1. The summed E-state index contributed by atoms with van der Waals surface area (Å²) in [6.07, 6.45) is 3.51. The summed E-state index contributed by atoms with van der Waals surface area (Å²) in [5, 5.41) is 14.1. The van der Waals surface area contributed by atoms with Crippen LogP contribution in [-0.4, -0.2) is 42.5 Å². The van der Waals surface area contributed by atoms with Crippen molar-refractivity contribution in [1.82, 2.24) is 5.32 Å². The fourth-order valence-corrected chi connectivity index (χ4v) is 4.91. The molecule has 2 aromatic carbocycles. The van der Waals surface area contributed by atoms with Crippen LogP contribution in [0.3, 0.4) is 0 Å². The first kappa shape index (κ1) is 25.7. The van der Waals surface area contributed by atoms with E-state index < -0.39 is 6.10 Å². The third-order valence-electron chi connectivity index (χ3n) is 6.12. The zero-order chi connectivity index (χ0) is 23.8. The van der Waals surface area contributed by atoms with E-state index in [4.69, 9.17) is 9.47 Å². The van der Waals surface area contributed by atoms with Gasteiger partial charge in [0.2, 0.25) is 0 Å². The molecule has 0 aliphatic heterocycles. The normalized spacial score (nSPS) is 14.7. The zero-order valence-electron chi connectivity index (χ0n) is 19.9. The SMILES string of the molecule is CCOC(=O)CCc1ccc(Br)cc1OC[C@H](O)CNC(C)(C)CC1Cc2ccccc2C1. The topological polar surface area (TPSA) is 67.8 Å². The fourth-order valence-electron chi connectivity index (χ4n) is 4.57. The van der Waals surface area contributed by atoms with E-state index >= 15 is 0 Å². The molecule has 5 nitrogen and oxygen atoms in total. The van der Waals surface area contributed by atoms with Crippen molar-refractivity contribution in [1.29, 1.82) is 0 Å². The lowest BCUT2D eigenvalue weighted by Crippen LogP contribution is -2.46. The van der Waals surface area contributed by atoms with Gasteiger partial charge in [-0.15, -0.1) is 0 Å². The average Bonchev–Trinajstić information content (AvgIpc) is 3.17. The highest BCUT2D eigenvalue weighted by molar-refractivity contribution is 9.10. The van der Waals surface area contributed by atoms with Crippen LogP contribution < -0.4 is 10.1 Å². The molecule has 1 aliphatic rings. The molecule has 2 N–H and O–H groups in total. The predicted molar refractivity (Wildman–Crippen MR) is 135 cm³/mol. The maximum Gasteiger partial charge on any atom is 0.306 e. The first-order valence-corrected chi connectivity index (χ1v) is 12.6. The lowest BCUT2D eigenvalue weighted by molar-refractivity contribution is -0.143. The monoisotopic (exact) mass is 517 g/mol. The Bertz CT molecular complexity index is 905. The van der Waals surface area contributed by atoms with Crippen molar-refractivity contribution >= 4 is 21.9 Å². The summed E-state index contributed by atoms with van der Waals surface area (Å²) in [6, 6.07) is 14.5. The van der Waals surface area contributed by atoms with Gasteiger partial charge in [0.05, 0.1) is 6.61 Å². The number of nitrogens with one attached hydrogen (secondary N) is 1. The Morgan fingerprint density at radius 3 is 2.58 bits per heavy atom. The summed E-state index contributed by atoms with van der Waals surface area (Å²) in [6.45, 7) is 7.22. The molecule has 0 saturated heterocycles. The van der Waals surface area contributed by atoms with Crippen LogP contribution in [0, 0.1) is 5.92 Å². The van der Waals surface area contributed by atoms with E-state index in [9.17, 15) is 9.90 Å². The van der Waals surface area contributed by atoms with Crippen LogP contribution in [-0.2, 0) is 28.8 Å². The Balaban J connectivity index is 1.45. The van der Waals surface area contributed by atoms with Gasteiger partial charge in [0.15, 0.2) is 0 Å². The highest BCUT2D eigenvalue weighted by Crippen LogP contribution is 2.32. The van der Waals surface area contributed by atoms with Gasteiger partial charge in [0, 0.05) is 23.0 Å². The minimum Gasteiger partial charge on any atom is -0.491 e. The lowest BCUT2D eigenvalue weighted by Gasteiger charge is -2.30. The van der Waals surface area contributed by atoms with Gasteiger partial charge < -0.3 is 19.9 Å². The van der Waals surface area contributed by atoms with Crippen molar-refractivity contribution in [3.8, 4) is 5.75 Å². The number of β-amino-alcohol motifs (C(OH)–C–C–N with tert-alkyl or cyclic N) is 1.